The molecule has 0 aromatic heterocycles. The number of rotatable bonds is 4. The van der Waals surface area contributed by atoms with E-state index in [1.807, 2.05) is 0 Å². The second kappa shape index (κ2) is 5.67. The van der Waals surface area contributed by atoms with Crippen LogP contribution in [0.1, 0.15) is 44.9 Å². The highest BCUT2D eigenvalue weighted by Gasteiger charge is 2.30. The van der Waals surface area contributed by atoms with E-state index in [1.165, 1.54) is 32.1 Å². The minimum absolute atomic E-state index is 0.193. The van der Waals surface area contributed by atoms with Gasteiger partial charge in [0.1, 0.15) is 0 Å². The van der Waals surface area contributed by atoms with Gasteiger partial charge in [0.2, 0.25) is 5.91 Å². The molecule has 0 radical (unpaired) electrons. The molecule has 0 bridgehead atoms. The molecule has 2 fully saturated rings. The van der Waals surface area contributed by atoms with Gasteiger partial charge >= 0.3 is 0 Å². The van der Waals surface area contributed by atoms with Crippen LogP contribution >= 0.6 is 0 Å². The minimum Gasteiger partial charge on any atom is -0.356 e. The van der Waals surface area contributed by atoms with Crippen LogP contribution in [-0.2, 0) is 4.79 Å². The first-order valence-electron chi connectivity index (χ1n) is 6.79. The van der Waals surface area contributed by atoms with Crippen molar-refractivity contribution >= 4 is 5.91 Å². The van der Waals surface area contributed by atoms with Crippen LogP contribution < -0.4 is 11.1 Å². The predicted octanol–water partition coefficient (Wildman–Crippen LogP) is 1.67. The van der Waals surface area contributed by atoms with Gasteiger partial charge in [0.25, 0.3) is 0 Å². The molecule has 2 unspecified atom stereocenters. The number of hydrogen-bond acceptors (Lipinski definition) is 2. The number of nitrogens with two attached hydrogens (primary N) is 1. The molecule has 0 saturated heterocycles. The van der Waals surface area contributed by atoms with Gasteiger partial charge in [-0.25, -0.2) is 0 Å². The SMILES string of the molecule is NCC1CCCCC1C(=O)NCC1CCC1. The summed E-state index contributed by atoms with van der Waals surface area (Å²) in [5.41, 5.74) is 5.74. The lowest BCUT2D eigenvalue weighted by molar-refractivity contribution is -0.128. The summed E-state index contributed by atoms with van der Waals surface area (Å²) in [6.45, 7) is 1.56. The molecule has 0 spiro atoms. The lowest BCUT2D eigenvalue weighted by Gasteiger charge is -2.31. The molecule has 3 heteroatoms. The van der Waals surface area contributed by atoms with Crippen molar-refractivity contribution in [1.29, 1.82) is 0 Å². The van der Waals surface area contributed by atoms with Crippen LogP contribution in [0.25, 0.3) is 0 Å². The monoisotopic (exact) mass is 224 g/mol. The fraction of sp³-hybridized carbons (Fsp3) is 0.923. The average molecular weight is 224 g/mol. The fourth-order valence-corrected chi connectivity index (χ4v) is 2.91. The van der Waals surface area contributed by atoms with Crippen molar-refractivity contribution in [3.05, 3.63) is 0 Å². The molecule has 1 amide bonds. The summed E-state index contributed by atoms with van der Waals surface area (Å²) in [6, 6.07) is 0. The van der Waals surface area contributed by atoms with Crippen molar-refractivity contribution in [1.82, 2.24) is 5.32 Å². The smallest absolute Gasteiger partial charge is 0.223 e. The van der Waals surface area contributed by atoms with Crippen LogP contribution in [0.4, 0.5) is 0 Å². The second-order valence-corrected chi connectivity index (χ2v) is 5.43. The molecule has 2 atom stereocenters. The summed E-state index contributed by atoms with van der Waals surface area (Å²) in [7, 11) is 0. The van der Waals surface area contributed by atoms with Crippen LogP contribution in [0.15, 0.2) is 0 Å². The number of carbonyl (C=O) groups excluding carboxylic acids is 1. The van der Waals surface area contributed by atoms with Crippen molar-refractivity contribution in [2.24, 2.45) is 23.5 Å². The molecule has 92 valence electrons. The summed E-state index contributed by atoms with van der Waals surface area (Å²) in [6.07, 6.45) is 8.55. The van der Waals surface area contributed by atoms with E-state index in [1.54, 1.807) is 0 Å². The van der Waals surface area contributed by atoms with Gasteiger partial charge in [0.15, 0.2) is 0 Å². The Labute approximate surface area is 98.2 Å². The van der Waals surface area contributed by atoms with Crippen molar-refractivity contribution in [2.45, 2.75) is 44.9 Å². The van der Waals surface area contributed by atoms with E-state index in [9.17, 15) is 4.79 Å². The Kier molecular flexibility index (Phi) is 4.22. The van der Waals surface area contributed by atoms with E-state index in [2.05, 4.69) is 5.32 Å². The summed E-state index contributed by atoms with van der Waals surface area (Å²) < 4.78 is 0. The summed E-state index contributed by atoms with van der Waals surface area (Å²) in [5.74, 6) is 1.64. The quantitative estimate of drug-likeness (QED) is 0.763. The molecule has 2 saturated carbocycles. The summed E-state index contributed by atoms with van der Waals surface area (Å²) in [4.78, 5) is 12.0. The zero-order valence-electron chi connectivity index (χ0n) is 10.1. The minimum atomic E-state index is 0.193. The maximum atomic E-state index is 12.0. The Bertz CT molecular complexity index is 238. The Hall–Kier alpha value is -0.570. The van der Waals surface area contributed by atoms with E-state index in [0.29, 0.717) is 12.5 Å². The van der Waals surface area contributed by atoms with Crippen LogP contribution in [-0.4, -0.2) is 19.0 Å². The number of carbonyl (C=O) groups is 1. The number of nitrogens with one attached hydrogen (secondary N) is 1. The summed E-state index contributed by atoms with van der Waals surface area (Å²) in [5, 5.41) is 3.12. The van der Waals surface area contributed by atoms with Gasteiger partial charge in [-0.05, 0) is 44.1 Å². The lowest BCUT2D eigenvalue weighted by atomic mass is 9.78. The van der Waals surface area contributed by atoms with Crippen molar-refractivity contribution < 1.29 is 4.79 Å². The standard InChI is InChI=1S/C13H24N2O/c14-8-11-6-1-2-7-12(11)13(16)15-9-10-4-3-5-10/h10-12H,1-9,14H2,(H,15,16). The van der Waals surface area contributed by atoms with Gasteiger partial charge in [-0.2, -0.15) is 0 Å². The van der Waals surface area contributed by atoms with Gasteiger partial charge in [0.05, 0.1) is 0 Å². The summed E-state index contributed by atoms with van der Waals surface area (Å²) >= 11 is 0. The van der Waals surface area contributed by atoms with E-state index < -0.39 is 0 Å². The predicted molar refractivity (Wildman–Crippen MR) is 64.9 cm³/mol. The maximum Gasteiger partial charge on any atom is 0.223 e. The molecule has 0 aromatic carbocycles. The molecule has 0 heterocycles. The third kappa shape index (κ3) is 2.76. The zero-order chi connectivity index (χ0) is 11.4. The highest BCUT2D eigenvalue weighted by Crippen LogP contribution is 2.30. The van der Waals surface area contributed by atoms with E-state index in [0.717, 1.165) is 25.3 Å². The van der Waals surface area contributed by atoms with Crippen LogP contribution in [0.2, 0.25) is 0 Å². The lowest BCUT2D eigenvalue weighted by Crippen LogP contribution is -2.41. The third-order valence-corrected chi connectivity index (χ3v) is 4.34. The molecule has 3 N–H and O–H groups in total. The highest BCUT2D eigenvalue weighted by molar-refractivity contribution is 5.79. The Morgan fingerprint density at radius 3 is 2.50 bits per heavy atom. The zero-order valence-corrected chi connectivity index (χ0v) is 10.1. The molecule has 0 aliphatic heterocycles. The van der Waals surface area contributed by atoms with Crippen molar-refractivity contribution in [3.8, 4) is 0 Å². The topological polar surface area (TPSA) is 55.1 Å². The van der Waals surface area contributed by atoms with E-state index in [4.69, 9.17) is 5.73 Å². The average Bonchev–Trinajstić information content (AvgIpc) is 2.26. The Morgan fingerprint density at radius 2 is 1.88 bits per heavy atom. The fourth-order valence-electron chi connectivity index (χ4n) is 2.91. The molecular formula is C13H24N2O. The number of hydrogen-bond donors (Lipinski definition) is 2. The Morgan fingerprint density at radius 1 is 1.12 bits per heavy atom. The molecular weight excluding hydrogens is 200 g/mol. The maximum absolute atomic E-state index is 12.0. The second-order valence-electron chi connectivity index (χ2n) is 5.43. The number of amides is 1. The van der Waals surface area contributed by atoms with Gasteiger partial charge in [-0.15, -0.1) is 0 Å². The van der Waals surface area contributed by atoms with Gasteiger partial charge in [-0.3, -0.25) is 4.79 Å². The normalized spacial score (nSPS) is 30.8. The van der Waals surface area contributed by atoms with Gasteiger partial charge in [-0.1, -0.05) is 19.3 Å². The largest absolute Gasteiger partial charge is 0.356 e. The first-order valence-corrected chi connectivity index (χ1v) is 6.79. The molecule has 2 aliphatic rings. The van der Waals surface area contributed by atoms with Gasteiger partial charge in [0, 0.05) is 12.5 Å². The highest BCUT2D eigenvalue weighted by atomic mass is 16.1. The van der Waals surface area contributed by atoms with E-state index >= 15 is 0 Å². The van der Waals surface area contributed by atoms with Crippen molar-refractivity contribution in [3.63, 3.8) is 0 Å². The molecule has 2 aliphatic carbocycles. The van der Waals surface area contributed by atoms with Gasteiger partial charge < -0.3 is 11.1 Å². The van der Waals surface area contributed by atoms with E-state index in [-0.39, 0.29) is 11.8 Å². The van der Waals surface area contributed by atoms with Crippen LogP contribution in [0.3, 0.4) is 0 Å². The van der Waals surface area contributed by atoms with Crippen LogP contribution in [0, 0.1) is 17.8 Å². The first-order chi connectivity index (χ1) is 7.81. The molecule has 0 aromatic rings. The Balaban J connectivity index is 1.76. The molecule has 16 heavy (non-hydrogen) atoms. The third-order valence-electron chi connectivity index (χ3n) is 4.34. The molecule has 3 nitrogen and oxygen atoms in total. The van der Waals surface area contributed by atoms with Crippen LogP contribution in [0.5, 0.6) is 0 Å². The first kappa shape index (κ1) is 11.9. The molecule has 2 rings (SSSR count). The van der Waals surface area contributed by atoms with Crippen molar-refractivity contribution in [2.75, 3.05) is 13.1 Å².